The van der Waals surface area contributed by atoms with Crippen LogP contribution in [0.3, 0.4) is 0 Å². The number of carbonyl (C=O) groups excluding carboxylic acids is 1. The molecule has 164 valence electrons. The molecule has 7 nitrogen and oxygen atoms in total. The Labute approximate surface area is 187 Å². The molecular weight excluding hydrogens is 410 g/mol. The fraction of sp³-hybridized carbons (Fsp3) is 0.435. The van der Waals surface area contributed by atoms with E-state index in [1.165, 1.54) is 12.0 Å². The van der Waals surface area contributed by atoms with Gasteiger partial charge in [-0.1, -0.05) is 18.2 Å². The van der Waals surface area contributed by atoms with Crippen LogP contribution in [0, 0.1) is 0 Å². The normalized spacial score (nSPS) is 15.3. The van der Waals surface area contributed by atoms with Crippen molar-refractivity contribution in [2.24, 2.45) is 0 Å². The lowest BCUT2D eigenvalue weighted by Crippen LogP contribution is -2.45. The number of benzene rings is 1. The highest BCUT2D eigenvalue weighted by Gasteiger charge is 2.19. The number of hydrogen-bond donors (Lipinski definition) is 1. The average molecular weight is 440 g/mol. The summed E-state index contributed by atoms with van der Waals surface area (Å²) in [5.74, 6) is 1.48. The second kappa shape index (κ2) is 10.7. The number of esters is 1. The number of aromatic nitrogens is 2. The highest BCUT2D eigenvalue weighted by atomic mass is 32.1. The van der Waals surface area contributed by atoms with Crippen LogP contribution in [0.5, 0.6) is 0 Å². The largest absolute Gasteiger partial charge is 0.469 e. The van der Waals surface area contributed by atoms with Gasteiger partial charge in [-0.25, -0.2) is 9.97 Å². The number of nitrogens with one attached hydrogen (secondary N) is 1. The van der Waals surface area contributed by atoms with Crippen molar-refractivity contribution in [1.82, 2.24) is 19.8 Å². The molecule has 1 N–H and O–H groups in total. The summed E-state index contributed by atoms with van der Waals surface area (Å²) in [7, 11) is 1.42. The predicted octanol–water partition coefficient (Wildman–Crippen LogP) is 3.37. The molecule has 0 radical (unpaired) electrons. The van der Waals surface area contributed by atoms with E-state index in [-0.39, 0.29) is 5.97 Å². The van der Waals surface area contributed by atoms with Gasteiger partial charge in [0.1, 0.15) is 11.6 Å². The van der Waals surface area contributed by atoms with Crippen LogP contribution in [-0.2, 0) is 22.6 Å². The Morgan fingerprint density at radius 3 is 2.58 bits per heavy atom. The number of fused-ring (bicyclic) bond motifs is 1. The fourth-order valence-corrected chi connectivity index (χ4v) is 4.55. The molecule has 3 aromatic rings. The number of hydrogen-bond acceptors (Lipinski definition) is 8. The van der Waals surface area contributed by atoms with Crippen molar-refractivity contribution in [2.45, 2.75) is 25.9 Å². The Hall–Kier alpha value is -2.55. The van der Waals surface area contributed by atoms with E-state index in [0.717, 1.165) is 61.8 Å². The summed E-state index contributed by atoms with van der Waals surface area (Å²) < 4.78 is 4.71. The topological polar surface area (TPSA) is 70.6 Å². The van der Waals surface area contributed by atoms with E-state index in [0.29, 0.717) is 19.4 Å². The number of thiophene rings is 1. The fourth-order valence-electron chi connectivity index (χ4n) is 3.80. The SMILES string of the molecule is COC(=O)CCCNc1nc(CN2CCN(Cc3cccs3)CC2)nc2ccccc12. The molecule has 1 aliphatic rings. The monoisotopic (exact) mass is 439 g/mol. The van der Waals surface area contributed by atoms with Gasteiger partial charge in [-0.3, -0.25) is 14.6 Å². The quantitative estimate of drug-likeness (QED) is 0.405. The number of anilines is 1. The van der Waals surface area contributed by atoms with Crippen molar-refractivity contribution < 1.29 is 9.53 Å². The van der Waals surface area contributed by atoms with Crippen molar-refractivity contribution in [1.29, 1.82) is 0 Å². The molecule has 0 aliphatic carbocycles. The van der Waals surface area contributed by atoms with Gasteiger partial charge in [0.15, 0.2) is 0 Å². The van der Waals surface area contributed by atoms with Gasteiger partial charge in [0.25, 0.3) is 0 Å². The summed E-state index contributed by atoms with van der Waals surface area (Å²) >= 11 is 1.83. The Morgan fingerprint density at radius 2 is 1.84 bits per heavy atom. The van der Waals surface area contributed by atoms with Crippen LogP contribution in [0.25, 0.3) is 10.9 Å². The highest BCUT2D eigenvalue weighted by molar-refractivity contribution is 7.09. The van der Waals surface area contributed by atoms with Gasteiger partial charge < -0.3 is 10.1 Å². The molecule has 2 aromatic heterocycles. The van der Waals surface area contributed by atoms with Crippen molar-refractivity contribution in [3.8, 4) is 0 Å². The van der Waals surface area contributed by atoms with Crippen LogP contribution >= 0.6 is 11.3 Å². The summed E-state index contributed by atoms with van der Waals surface area (Å²) in [4.78, 5) is 27.3. The summed E-state index contributed by atoms with van der Waals surface area (Å²) in [6.07, 6.45) is 1.10. The first-order valence-corrected chi connectivity index (χ1v) is 11.6. The lowest BCUT2D eigenvalue weighted by atomic mass is 10.2. The van der Waals surface area contributed by atoms with Crippen LogP contribution in [0.2, 0.25) is 0 Å². The van der Waals surface area contributed by atoms with E-state index in [9.17, 15) is 4.79 Å². The van der Waals surface area contributed by atoms with Crippen LogP contribution in [0.1, 0.15) is 23.5 Å². The van der Waals surface area contributed by atoms with Crippen LogP contribution < -0.4 is 5.32 Å². The molecule has 1 aromatic carbocycles. The molecule has 31 heavy (non-hydrogen) atoms. The predicted molar refractivity (Wildman–Crippen MR) is 124 cm³/mol. The molecule has 1 fully saturated rings. The van der Waals surface area contributed by atoms with Gasteiger partial charge in [0, 0.05) is 56.0 Å². The Bertz CT molecular complexity index is 987. The Balaban J connectivity index is 1.37. The summed E-state index contributed by atoms with van der Waals surface area (Å²) in [5.41, 5.74) is 0.944. The van der Waals surface area contributed by atoms with Crippen LogP contribution in [0.4, 0.5) is 5.82 Å². The summed E-state index contributed by atoms with van der Waals surface area (Å²) in [6.45, 7) is 6.60. The van der Waals surface area contributed by atoms with Gasteiger partial charge >= 0.3 is 5.97 Å². The second-order valence-electron chi connectivity index (χ2n) is 7.74. The molecule has 0 amide bonds. The molecule has 0 unspecified atom stereocenters. The zero-order valence-electron chi connectivity index (χ0n) is 17.9. The third kappa shape index (κ3) is 6.00. The standard InChI is InChI=1S/C23H29N5O2S/c1-30-22(29)9-4-10-24-23-19-7-2-3-8-20(19)25-21(26-23)17-28-13-11-27(12-14-28)16-18-6-5-15-31-18/h2-3,5-8,15H,4,9-14,16-17H2,1H3,(H,24,25,26). The second-order valence-corrected chi connectivity index (χ2v) is 8.78. The minimum absolute atomic E-state index is 0.187. The molecule has 3 heterocycles. The number of methoxy groups -OCH3 is 1. The maximum Gasteiger partial charge on any atom is 0.305 e. The highest BCUT2D eigenvalue weighted by Crippen LogP contribution is 2.21. The van der Waals surface area contributed by atoms with E-state index in [1.54, 1.807) is 0 Å². The molecule has 0 saturated carbocycles. The Kier molecular flexibility index (Phi) is 7.45. The van der Waals surface area contributed by atoms with E-state index >= 15 is 0 Å². The van der Waals surface area contributed by atoms with Crippen LogP contribution in [0.15, 0.2) is 41.8 Å². The third-order valence-corrected chi connectivity index (χ3v) is 6.38. The smallest absolute Gasteiger partial charge is 0.305 e. The summed E-state index contributed by atoms with van der Waals surface area (Å²) in [6, 6.07) is 12.4. The zero-order chi connectivity index (χ0) is 21.5. The molecule has 1 aliphatic heterocycles. The van der Waals surface area contributed by atoms with E-state index < -0.39 is 0 Å². The number of piperazine rings is 1. The van der Waals surface area contributed by atoms with Crippen LogP contribution in [-0.4, -0.2) is 65.6 Å². The van der Waals surface area contributed by atoms with Gasteiger partial charge in [0.2, 0.25) is 0 Å². The molecule has 0 bridgehead atoms. The van der Waals surface area contributed by atoms with Crippen molar-refractivity contribution in [2.75, 3.05) is 45.2 Å². The number of rotatable bonds is 9. The van der Waals surface area contributed by atoms with E-state index in [1.807, 2.05) is 35.6 Å². The first-order valence-electron chi connectivity index (χ1n) is 10.7. The first kappa shape index (κ1) is 21.7. The lowest BCUT2D eigenvalue weighted by molar-refractivity contribution is -0.140. The molecule has 1 saturated heterocycles. The third-order valence-electron chi connectivity index (χ3n) is 5.52. The van der Waals surface area contributed by atoms with E-state index in [4.69, 9.17) is 14.7 Å². The minimum atomic E-state index is -0.187. The Morgan fingerprint density at radius 1 is 1.06 bits per heavy atom. The molecule has 0 spiro atoms. The van der Waals surface area contributed by atoms with Gasteiger partial charge in [-0.15, -0.1) is 11.3 Å². The van der Waals surface area contributed by atoms with Gasteiger partial charge in [0.05, 0.1) is 19.2 Å². The molecule has 4 rings (SSSR count). The lowest BCUT2D eigenvalue weighted by Gasteiger charge is -2.34. The molecule has 8 heteroatoms. The molecule has 0 atom stereocenters. The maximum absolute atomic E-state index is 11.3. The van der Waals surface area contributed by atoms with E-state index in [2.05, 4.69) is 32.6 Å². The van der Waals surface area contributed by atoms with Gasteiger partial charge in [-0.05, 0) is 30.0 Å². The maximum atomic E-state index is 11.3. The number of nitrogens with zero attached hydrogens (tertiary/aromatic N) is 4. The zero-order valence-corrected chi connectivity index (χ0v) is 18.7. The van der Waals surface area contributed by atoms with Crippen molar-refractivity contribution in [3.63, 3.8) is 0 Å². The number of para-hydroxylation sites is 1. The number of carbonyl (C=O) groups is 1. The average Bonchev–Trinajstić information content (AvgIpc) is 3.31. The van der Waals surface area contributed by atoms with Gasteiger partial charge in [-0.2, -0.15) is 0 Å². The summed E-state index contributed by atoms with van der Waals surface area (Å²) in [5, 5.41) is 6.54. The van der Waals surface area contributed by atoms with Crippen molar-refractivity contribution >= 4 is 34.0 Å². The number of ether oxygens (including phenoxy) is 1. The minimum Gasteiger partial charge on any atom is -0.469 e. The molecular formula is C23H29N5O2S. The first-order chi connectivity index (χ1) is 15.2. The van der Waals surface area contributed by atoms with Crippen molar-refractivity contribution in [3.05, 3.63) is 52.5 Å².